The first kappa shape index (κ1) is 14.6. The summed E-state index contributed by atoms with van der Waals surface area (Å²) >= 11 is 4.95. The molecule has 2 aromatic rings. The van der Waals surface area contributed by atoms with E-state index in [2.05, 4.69) is 51.8 Å². The van der Waals surface area contributed by atoms with Crippen molar-refractivity contribution in [3.63, 3.8) is 0 Å². The summed E-state index contributed by atoms with van der Waals surface area (Å²) in [7, 11) is 1.91. The molecule has 0 aromatic heterocycles. The molecule has 1 N–H and O–H groups in total. The lowest BCUT2D eigenvalue weighted by molar-refractivity contribution is 0.616. The Bertz CT molecular complexity index is 557. The summed E-state index contributed by atoms with van der Waals surface area (Å²) in [5, 5.41) is 3.27. The van der Waals surface area contributed by atoms with Crippen molar-refractivity contribution in [2.24, 2.45) is 0 Å². The quantitative estimate of drug-likeness (QED) is 0.815. The Morgan fingerprint density at radius 1 is 1.11 bits per heavy atom. The summed E-state index contributed by atoms with van der Waals surface area (Å²) < 4.78 is 13.8. The zero-order chi connectivity index (χ0) is 13.8. The van der Waals surface area contributed by atoms with Crippen LogP contribution in [0, 0.1) is 5.82 Å². The van der Waals surface area contributed by atoms with Crippen LogP contribution in [0.3, 0.4) is 0 Å². The van der Waals surface area contributed by atoms with Crippen molar-refractivity contribution in [3.05, 3.63) is 63.9 Å². The van der Waals surface area contributed by atoms with Crippen LogP contribution in [-0.4, -0.2) is 13.3 Å². The number of hydrogen-bond donors (Lipinski definition) is 1. The Morgan fingerprint density at radius 3 is 2.26 bits per heavy atom. The second-order valence-corrected chi connectivity index (χ2v) is 5.90. The van der Waals surface area contributed by atoms with Gasteiger partial charge in [0.05, 0.1) is 10.5 Å². The van der Waals surface area contributed by atoms with Crippen molar-refractivity contribution in [2.75, 3.05) is 13.3 Å². The molecule has 2 aromatic carbocycles. The van der Waals surface area contributed by atoms with Gasteiger partial charge in [-0.2, -0.15) is 0 Å². The minimum Gasteiger partial charge on any atom is -0.309 e. The van der Waals surface area contributed by atoms with Gasteiger partial charge < -0.3 is 5.32 Å². The molecule has 2 rings (SSSR count). The molecule has 19 heavy (non-hydrogen) atoms. The van der Waals surface area contributed by atoms with Gasteiger partial charge >= 0.3 is 0 Å². The molecule has 0 spiro atoms. The predicted molar refractivity (Wildman–Crippen MR) is 83.2 cm³/mol. The Balaban J connectivity index is 2.34. The van der Waals surface area contributed by atoms with Crippen LogP contribution in [-0.2, 0) is 0 Å². The molecule has 1 atom stereocenters. The SMILES string of the molecule is CNC(c1ccc(SC)cc1)c1ccc(F)c(Br)c1. The van der Waals surface area contributed by atoms with Crippen LogP contribution in [0.4, 0.5) is 4.39 Å². The smallest absolute Gasteiger partial charge is 0.137 e. The number of benzene rings is 2. The van der Waals surface area contributed by atoms with Crippen LogP contribution in [0.1, 0.15) is 17.2 Å². The van der Waals surface area contributed by atoms with Gasteiger partial charge in [0.1, 0.15) is 5.82 Å². The van der Waals surface area contributed by atoms with Crippen molar-refractivity contribution >= 4 is 27.7 Å². The lowest BCUT2D eigenvalue weighted by Crippen LogP contribution is -2.17. The van der Waals surface area contributed by atoms with Crippen LogP contribution in [0.5, 0.6) is 0 Å². The summed E-state index contributed by atoms with van der Waals surface area (Å²) in [6, 6.07) is 13.6. The lowest BCUT2D eigenvalue weighted by atomic mass is 9.99. The van der Waals surface area contributed by atoms with E-state index in [0.29, 0.717) is 4.47 Å². The molecule has 1 unspecified atom stereocenters. The van der Waals surface area contributed by atoms with Crippen molar-refractivity contribution < 1.29 is 4.39 Å². The maximum Gasteiger partial charge on any atom is 0.137 e. The third kappa shape index (κ3) is 3.38. The Hall–Kier alpha value is -0.840. The Labute approximate surface area is 125 Å². The maximum atomic E-state index is 13.3. The lowest BCUT2D eigenvalue weighted by Gasteiger charge is -2.18. The van der Waals surface area contributed by atoms with Crippen LogP contribution in [0.2, 0.25) is 0 Å². The molecule has 0 saturated heterocycles. The van der Waals surface area contributed by atoms with Gasteiger partial charge in [0.15, 0.2) is 0 Å². The predicted octanol–water partition coefficient (Wildman–Crippen LogP) is 4.62. The molecule has 0 aliphatic rings. The minimum atomic E-state index is -0.240. The molecular formula is C15H15BrFNS. The van der Waals surface area contributed by atoms with Crippen LogP contribution in [0.15, 0.2) is 51.8 Å². The number of rotatable bonds is 4. The highest BCUT2D eigenvalue weighted by Crippen LogP contribution is 2.27. The highest BCUT2D eigenvalue weighted by Gasteiger charge is 2.13. The number of nitrogens with one attached hydrogen (secondary N) is 1. The molecule has 0 aliphatic heterocycles. The van der Waals surface area contributed by atoms with Gasteiger partial charge in [-0.05, 0) is 64.6 Å². The second kappa shape index (κ2) is 6.55. The average molecular weight is 340 g/mol. The van der Waals surface area contributed by atoms with Crippen molar-refractivity contribution in [2.45, 2.75) is 10.9 Å². The van der Waals surface area contributed by atoms with E-state index in [0.717, 1.165) is 5.56 Å². The van der Waals surface area contributed by atoms with E-state index < -0.39 is 0 Å². The topological polar surface area (TPSA) is 12.0 Å². The van der Waals surface area contributed by atoms with E-state index in [9.17, 15) is 4.39 Å². The standard InChI is InChI=1S/C15H15BrFNS/c1-18-15(10-3-6-12(19-2)7-4-10)11-5-8-14(17)13(16)9-11/h3-9,15,18H,1-2H3. The molecular weight excluding hydrogens is 325 g/mol. The van der Waals surface area contributed by atoms with E-state index >= 15 is 0 Å². The van der Waals surface area contributed by atoms with E-state index in [1.54, 1.807) is 11.8 Å². The van der Waals surface area contributed by atoms with E-state index in [4.69, 9.17) is 0 Å². The van der Waals surface area contributed by atoms with Gasteiger partial charge in [-0.1, -0.05) is 18.2 Å². The third-order valence-corrected chi connectivity index (χ3v) is 4.37. The number of thioether (sulfide) groups is 1. The zero-order valence-corrected chi connectivity index (χ0v) is 13.2. The van der Waals surface area contributed by atoms with Gasteiger partial charge in [0.25, 0.3) is 0 Å². The molecule has 0 aliphatic carbocycles. The second-order valence-electron chi connectivity index (χ2n) is 4.17. The summed E-state index contributed by atoms with van der Waals surface area (Å²) in [5.41, 5.74) is 2.20. The van der Waals surface area contributed by atoms with E-state index in [1.165, 1.54) is 16.5 Å². The van der Waals surface area contributed by atoms with E-state index in [1.807, 2.05) is 19.2 Å². The summed E-state index contributed by atoms with van der Waals surface area (Å²) in [4.78, 5) is 1.24. The Kier molecular flexibility index (Phi) is 5.02. The fourth-order valence-electron chi connectivity index (χ4n) is 2.01. The molecule has 100 valence electrons. The van der Waals surface area contributed by atoms with Gasteiger partial charge in [-0.15, -0.1) is 11.8 Å². The molecule has 0 saturated carbocycles. The fraction of sp³-hybridized carbons (Fsp3) is 0.200. The number of halogens is 2. The first-order valence-corrected chi connectivity index (χ1v) is 7.93. The van der Waals surface area contributed by atoms with Gasteiger partial charge in [0.2, 0.25) is 0 Å². The molecule has 0 bridgehead atoms. The highest BCUT2D eigenvalue weighted by atomic mass is 79.9. The molecule has 0 amide bonds. The minimum absolute atomic E-state index is 0.0628. The largest absolute Gasteiger partial charge is 0.309 e. The first-order valence-electron chi connectivity index (χ1n) is 5.92. The van der Waals surface area contributed by atoms with Gasteiger partial charge in [-0.3, -0.25) is 0 Å². The first-order chi connectivity index (χ1) is 9.15. The highest BCUT2D eigenvalue weighted by molar-refractivity contribution is 9.10. The van der Waals surface area contributed by atoms with Crippen LogP contribution < -0.4 is 5.32 Å². The monoisotopic (exact) mass is 339 g/mol. The van der Waals surface area contributed by atoms with Crippen molar-refractivity contribution in [1.82, 2.24) is 5.32 Å². The molecule has 1 nitrogen and oxygen atoms in total. The summed E-state index contributed by atoms with van der Waals surface area (Å²) in [5.74, 6) is -0.240. The van der Waals surface area contributed by atoms with Gasteiger partial charge in [0, 0.05) is 4.90 Å². The summed E-state index contributed by atoms with van der Waals surface area (Å²) in [6.07, 6.45) is 2.06. The van der Waals surface area contributed by atoms with Gasteiger partial charge in [-0.25, -0.2) is 4.39 Å². The third-order valence-electron chi connectivity index (χ3n) is 3.01. The molecule has 0 heterocycles. The fourth-order valence-corrected chi connectivity index (χ4v) is 2.82. The zero-order valence-electron chi connectivity index (χ0n) is 10.8. The molecule has 4 heteroatoms. The van der Waals surface area contributed by atoms with Crippen molar-refractivity contribution in [1.29, 1.82) is 0 Å². The summed E-state index contributed by atoms with van der Waals surface area (Å²) in [6.45, 7) is 0. The number of hydrogen-bond acceptors (Lipinski definition) is 2. The maximum absolute atomic E-state index is 13.3. The molecule has 0 fully saturated rings. The van der Waals surface area contributed by atoms with Crippen molar-refractivity contribution in [3.8, 4) is 0 Å². The van der Waals surface area contributed by atoms with E-state index in [-0.39, 0.29) is 11.9 Å². The van der Waals surface area contributed by atoms with Crippen LogP contribution in [0.25, 0.3) is 0 Å². The molecule has 0 radical (unpaired) electrons. The Morgan fingerprint density at radius 2 is 1.74 bits per heavy atom. The average Bonchev–Trinajstić information content (AvgIpc) is 2.44. The van der Waals surface area contributed by atoms with Crippen LogP contribution >= 0.6 is 27.7 Å². The normalized spacial score (nSPS) is 12.4.